The molecule has 3 aromatic rings. The Bertz CT molecular complexity index is 1030. The lowest BCUT2D eigenvalue weighted by molar-refractivity contribution is -0.274. The van der Waals surface area contributed by atoms with Crippen LogP contribution in [0, 0.1) is 11.6 Å². The number of carbonyl (C=O) groups excluding carboxylic acids is 1. The van der Waals surface area contributed by atoms with Gasteiger partial charge < -0.3 is 10.1 Å². The molecule has 0 spiro atoms. The molecular weight excluding hydrogens is 417 g/mol. The van der Waals surface area contributed by atoms with Crippen LogP contribution in [-0.4, -0.2) is 12.3 Å². The van der Waals surface area contributed by atoms with E-state index in [0.717, 1.165) is 30.3 Å². The molecule has 0 saturated carbocycles. The Balaban J connectivity index is 1.82. The summed E-state index contributed by atoms with van der Waals surface area (Å²) in [5.41, 5.74) is 0.209. The van der Waals surface area contributed by atoms with Crippen molar-refractivity contribution in [1.82, 2.24) is 0 Å². The molecule has 0 aliphatic heterocycles. The number of amides is 1. The molecule has 3 rings (SSSR count). The molecule has 0 aliphatic carbocycles. The first kappa shape index (κ1) is 20.6. The molecule has 0 aliphatic rings. The van der Waals surface area contributed by atoms with E-state index in [1.54, 1.807) is 0 Å². The second-order valence-corrected chi connectivity index (χ2v) is 6.22. The molecule has 0 aromatic heterocycles. The van der Waals surface area contributed by atoms with Crippen molar-refractivity contribution in [1.29, 1.82) is 0 Å². The molecule has 0 saturated heterocycles. The van der Waals surface area contributed by atoms with Gasteiger partial charge in [-0.1, -0.05) is 29.8 Å². The summed E-state index contributed by atoms with van der Waals surface area (Å²) >= 11 is 6.05. The quantitative estimate of drug-likeness (QED) is 0.487. The van der Waals surface area contributed by atoms with Gasteiger partial charge in [-0.05, 0) is 48.0 Å². The number of benzene rings is 3. The minimum absolute atomic E-state index is 0.185. The largest absolute Gasteiger partial charge is 0.573 e. The highest BCUT2D eigenvalue weighted by Gasteiger charge is 2.31. The minimum atomic E-state index is -4.85. The lowest BCUT2D eigenvalue weighted by Gasteiger charge is -2.12. The zero-order chi connectivity index (χ0) is 21.2. The van der Waals surface area contributed by atoms with Crippen LogP contribution in [0.1, 0.15) is 10.4 Å². The molecular formula is C20H11ClF5NO2. The van der Waals surface area contributed by atoms with E-state index in [0.29, 0.717) is 5.56 Å². The summed E-state index contributed by atoms with van der Waals surface area (Å²) in [7, 11) is 0. The van der Waals surface area contributed by atoms with Gasteiger partial charge in [0.1, 0.15) is 22.9 Å². The van der Waals surface area contributed by atoms with E-state index in [1.165, 1.54) is 30.3 Å². The van der Waals surface area contributed by atoms with Crippen molar-refractivity contribution >= 4 is 23.2 Å². The minimum Gasteiger partial charge on any atom is -0.406 e. The first-order valence-corrected chi connectivity index (χ1v) is 8.43. The molecule has 9 heteroatoms. The van der Waals surface area contributed by atoms with Gasteiger partial charge in [-0.2, -0.15) is 0 Å². The maximum absolute atomic E-state index is 13.7. The number of nitrogens with one attached hydrogen (secondary N) is 1. The first-order chi connectivity index (χ1) is 13.6. The fourth-order valence-corrected chi connectivity index (χ4v) is 2.79. The van der Waals surface area contributed by atoms with Gasteiger partial charge in [0.2, 0.25) is 0 Å². The number of alkyl halides is 3. The highest BCUT2D eigenvalue weighted by Crippen LogP contribution is 2.34. The van der Waals surface area contributed by atoms with Crippen LogP contribution in [0.4, 0.5) is 27.6 Å². The molecule has 0 radical (unpaired) electrons. The number of hydrogen-bond donors (Lipinski definition) is 1. The number of halogens is 6. The molecule has 1 N–H and O–H groups in total. The highest BCUT2D eigenvalue weighted by atomic mass is 35.5. The number of ether oxygens (including phenoxy) is 1. The predicted molar refractivity (Wildman–Crippen MR) is 97.9 cm³/mol. The van der Waals surface area contributed by atoms with E-state index in [1.807, 2.05) is 0 Å². The van der Waals surface area contributed by atoms with Crippen LogP contribution in [0.25, 0.3) is 11.1 Å². The maximum Gasteiger partial charge on any atom is 0.573 e. The van der Waals surface area contributed by atoms with E-state index in [-0.39, 0.29) is 16.3 Å². The fraction of sp³-hybridized carbons (Fsp3) is 0.0500. The van der Waals surface area contributed by atoms with Gasteiger partial charge in [-0.15, -0.1) is 13.2 Å². The lowest BCUT2D eigenvalue weighted by atomic mass is 10.0. The van der Waals surface area contributed by atoms with Gasteiger partial charge in [0.25, 0.3) is 5.91 Å². The third-order valence-electron chi connectivity index (χ3n) is 3.82. The topological polar surface area (TPSA) is 38.3 Å². The Hall–Kier alpha value is -3.13. The SMILES string of the molecule is O=C(Nc1ccc(-c2cc(OC(F)(F)F)ccc2Cl)cc1)c1c(F)cccc1F. The number of rotatable bonds is 4. The Labute approximate surface area is 166 Å². The highest BCUT2D eigenvalue weighted by molar-refractivity contribution is 6.33. The first-order valence-electron chi connectivity index (χ1n) is 8.05. The molecule has 0 atom stereocenters. The summed E-state index contributed by atoms with van der Waals surface area (Å²) < 4.78 is 68.4. The third kappa shape index (κ3) is 5.03. The Morgan fingerprint density at radius 1 is 0.931 bits per heavy atom. The number of carbonyl (C=O) groups is 1. The van der Waals surface area contributed by atoms with Crippen LogP contribution >= 0.6 is 11.6 Å². The predicted octanol–water partition coefficient (Wildman–Crippen LogP) is 6.44. The average Bonchev–Trinajstić information content (AvgIpc) is 2.63. The zero-order valence-electron chi connectivity index (χ0n) is 14.4. The van der Waals surface area contributed by atoms with E-state index in [2.05, 4.69) is 10.1 Å². The van der Waals surface area contributed by atoms with Crippen LogP contribution < -0.4 is 10.1 Å². The third-order valence-corrected chi connectivity index (χ3v) is 4.14. The van der Waals surface area contributed by atoms with E-state index >= 15 is 0 Å². The molecule has 3 aromatic carbocycles. The standard InChI is InChI=1S/C20H11ClF5NO2/c21-15-9-8-13(29-20(24,25)26)10-14(15)11-4-6-12(7-5-11)27-19(28)18-16(22)2-1-3-17(18)23/h1-10H,(H,27,28). The van der Waals surface area contributed by atoms with Gasteiger partial charge in [0.05, 0.1) is 0 Å². The fourth-order valence-electron chi connectivity index (χ4n) is 2.56. The van der Waals surface area contributed by atoms with Gasteiger partial charge >= 0.3 is 6.36 Å². The van der Waals surface area contributed by atoms with Crippen LogP contribution in [0.2, 0.25) is 5.02 Å². The van der Waals surface area contributed by atoms with Crippen LogP contribution in [0.3, 0.4) is 0 Å². The number of hydrogen-bond acceptors (Lipinski definition) is 2. The van der Waals surface area contributed by atoms with Gasteiger partial charge in [-0.25, -0.2) is 8.78 Å². The summed E-state index contributed by atoms with van der Waals surface area (Å²) in [6.45, 7) is 0. The second-order valence-electron chi connectivity index (χ2n) is 5.82. The molecule has 1 amide bonds. The smallest absolute Gasteiger partial charge is 0.406 e. The van der Waals surface area contributed by atoms with Crippen molar-refractivity contribution in [2.75, 3.05) is 5.32 Å². The maximum atomic E-state index is 13.7. The van der Waals surface area contributed by atoms with E-state index < -0.39 is 35.2 Å². The molecule has 0 unspecified atom stereocenters. The van der Waals surface area contributed by atoms with Crippen LogP contribution in [0.5, 0.6) is 5.75 Å². The lowest BCUT2D eigenvalue weighted by Crippen LogP contribution is -2.17. The van der Waals surface area contributed by atoms with Gasteiger partial charge in [0, 0.05) is 16.3 Å². The van der Waals surface area contributed by atoms with E-state index in [9.17, 15) is 26.7 Å². The molecule has 3 nitrogen and oxygen atoms in total. The van der Waals surface area contributed by atoms with Crippen molar-refractivity contribution in [3.8, 4) is 16.9 Å². The summed E-state index contributed by atoms with van der Waals surface area (Å²) in [6.07, 6.45) is -4.85. The molecule has 0 heterocycles. The second kappa shape index (κ2) is 8.08. The Morgan fingerprint density at radius 2 is 1.55 bits per heavy atom. The van der Waals surface area contributed by atoms with Crippen LogP contribution in [-0.2, 0) is 0 Å². The summed E-state index contributed by atoms with van der Waals surface area (Å²) in [5, 5.41) is 2.54. The Morgan fingerprint density at radius 3 is 2.14 bits per heavy atom. The van der Waals surface area contributed by atoms with Crippen LogP contribution in [0.15, 0.2) is 60.7 Å². The van der Waals surface area contributed by atoms with Crippen molar-refractivity contribution in [3.63, 3.8) is 0 Å². The average molecular weight is 428 g/mol. The molecule has 150 valence electrons. The Kier molecular flexibility index (Phi) is 5.74. The zero-order valence-corrected chi connectivity index (χ0v) is 15.1. The normalized spacial score (nSPS) is 11.2. The van der Waals surface area contributed by atoms with E-state index in [4.69, 9.17) is 11.6 Å². The monoisotopic (exact) mass is 427 g/mol. The van der Waals surface area contributed by atoms with Crippen molar-refractivity contribution in [2.24, 2.45) is 0 Å². The van der Waals surface area contributed by atoms with Gasteiger partial charge in [0.15, 0.2) is 0 Å². The summed E-state index contributed by atoms with van der Waals surface area (Å²) in [4.78, 5) is 12.1. The summed E-state index contributed by atoms with van der Waals surface area (Å²) in [6, 6.07) is 12.3. The summed E-state index contributed by atoms with van der Waals surface area (Å²) in [5.74, 6) is -3.43. The molecule has 0 fully saturated rings. The van der Waals surface area contributed by atoms with Gasteiger partial charge in [-0.3, -0.25) is 4.79 Å². The number of anilines is 1. The molecule has 0 bridgehead atoms. The van der Waals surface area contributed by atoms with Crippen molar-refractivity contribution in [2.45, 2.75) is 6.36 Å². The van der Waals surface area contributed by atoms with Crippen molar-refractivity contribution in [3.05, 3.63) is 82.9 Å². The molecule has 29 heavy (non-hydrogen) atoms. The van der Waals surface area contributed by atoms with Crippen molar-refractivity contribution < 1.29 is 31.5 Å².